The van der Waals surface area contributed by atoms with E-state index >= 15 is 0 Å². The summed E-state index contributed by atoms with van der Waals surface area (Å²) >= 11 is 0. The molecule has 23 heavy (non-hydrogen) atoms. The number of hydrogen-bond acceptors (Lipinski definition) is 6. The minimum Gasteiger partial charge on any atom is -0.496 e. The molecule has 0 aliphatic carbocycles. The number of rotatable bonds is 4. The van der Waals surface area contributed by atoms with Crippen molar-refractivity contribution in [1.29, 1.82) is 0 Å². The van der Waals surface area contributed by atoms with Crippen molar-refractivity contribution in [2.45, 2.75) is 25.0 Å². The van der Waals surface area contributed by atoms with Crippen LogP contribution in [0.25, 0.3) is 0 Å². The number of nitrogens with two attached hydrogens (primary N) is 1. The molecule has 0 spiro atoms. The SMILES string of the molecule is COc1ccccc1C1(O)CCN(Cc2cnc(N)nc2)CC1. The van der Waals surface area contributed by atoms with E-state index in [0.29, 0.717) is 12.8 Å². The van der Waals surface area contributed by atoms with Crippen LogP contribution in [0.15, 0.2) is 36.7 Å². The van der Waals surface area contributed by atoms with E-state index < -0.39 is 5.60 Å². The van der Waals surface area contributed by atoms with Crippen LogP contribution >= 0.6 is 0 Å². The summed E-state index contributed by atoms with van der Waals surface area (Å²) in [5.41, 5.74) is 6.58. The molecule has 0 radical (unpaired) electrons. The number of piperidine rings is 1. The van der Waals surface area contributed by atoms with Crippen molar-refractivity contribution in [2.75, 3.05) is 25.9 Å². The number of ether oxygens (including phenoxy) is 1. The Kier molecular flexibility index (Phi) is 4.45. The molecule has 0 amide bonds. The van der Waals surface area contributed by atoms with Crippen LogP contribution in [0, 0.1) is 0 Å². The van der Waals surface area contributed by atoms with E-state index in [4.69, 9.17) is 10.5 Å². The first kappa shape index (κ1) is 15.7. The molecule has 2 aromatic rings. The molecule has 1 fully saturated rings. The van der Waals surface area contributed by atoms with Gasteiger partial charge in [0.05, 0.1) is 12.7 Å². The molecular formula is C17H22N4O2. The van der Waals surface area contributed by atoms with Crippen LogP contribution in [-0.4, -0.2) is 40.2 Å². The molecule has 1 aromatic heterocycles. The molecular weight excluding hydrogens is 292 g/mol. The van der Waals surface area contributed by atoms with Gasteiger partial charge in [0.2, 0.25) is 5.95 Å². The van der Waals surface area contributed by atoms with Gasteiger partial charge < -0.3 is 15.6 Å². The molecule has 0 saturated carbocycles. The van der Waals surface area contributed by atoms with Gasteiger partial charge in [-0.1, -0.05) is 18.2 Å². The number of likely N-dealkylation sites (tertiary alicyclic amines) is 1. The highest BCUT2D eigenvalue weighted by Gasteiger charge is 2.36. The van der Waals surface area contributed by atoms with Gasteiger partial charge in [-0.25, -0.2) is 9.97 Å². The molecule has 1 saturated heterocycles. The van der Waals surface area contributed by atoms with Crippen molar-refractivity contribution in [3.63, 3.8) is 0 Å². The number of methoxy groups -OCH3 is 1. The van der Waals surface area contributed by atoms with E-state index in [1.54, 1.807) is 19.5 Å². The first-order chi connectivity index (χ1) is 11.1. The second kappa shape index (κ2) is 6.52. The van der Waals surface area contributed by atoms with Crippen LogP contribution in [0.2, 0.25) is 0 Å². The Morgan fingerprint density at radius 3 is 2.52 bits per heavy atom. The molecule has 1 aromatic carbocycles. The maximum Gasteiger partial charge on any atom is 0.219 e. The molecule has 1 aliphatic heterocycles. The molecule has 122 valence electrons. The summed E-state index contributed by atoms with van der Waals surface area (Å²) < 4.78 is 5.40. The lowest BCUT2D eigenvalue weighted by Gasteiger charge is -2.39. The smallest absolute Gasteiger partial charge is 0.219 e. The van der Waals surface area contributed by atoms with Crippen molar-refractivity contribution in [2.24, 2.45) is 0 Å². The van der Waals surface area contributed by atoms with Crippen LogP contribution < -0.4 is 10.5 Å². The van der Waals surface area contributed by atoms with Crippen molar-refractivity contribution in [3.05, 3.63) is 47.8 Å². The standard InChI is InChI=1S/C17H22N4O2/c1-23-15-5-3-2-4-14(15)17(22)6-8-21(9-7-17)12-13-10-19-16(18)20-11-13/h2-5,10-11,22H,6-9,12H2,1H3,(H2,18,19,20). The number of hydrogen-bond donors (Lipinski definition) is 2. The van der Waals surface area contributed by atoms with Gasteiger partial charge in [0.25, 0.3) is 0 Å². The maximum absolute atomic E-state index is 11.0. The predicted octanol–water partition coefficient (Wildman–Crippen LogP) is 1.55. The monoisotopic (exact) mass is 314 g/mol. The average molecular weight is 314 g/mol. The molecule has 0 bridgehead atoms. The van der Waals surface area contributed by atoms with Crippen molar-refractivity contribution < 1.29 is 9.84 Å². The topological polar surface area (TPSA) is 84.5 Å². The summed E-state index contributed by atoms with van der Waals surface area (Å²) in [5, 5.41) is 11.0. The summed E-state index contributed by atoms with van der Waals surface area (Å²) in [6, 6.07) is 7.70. The van der Waals surface area contributed by atoms with E-state index in [2.05, 4.69) is 14.9 Å². The van der Waals surface area contributed by atoms with Crippen molar-refractivity contribution in [3.8, 4) is 5.75 Å². The largest absolute Gasteiger partial charge is 0.496 e. The zero-order chi connectivity index (χ0) is 16.3. The number of nitrogens with zero attached hydrogens (tertiary/aromatic N) is 3. The molecule has 3 rings (SSSR count). The van der Waals surface area contributed by atoms with Crippen LogP contribution in [0.5, 0.6) is 5.75 Å². The Bertz CT molecular complexity index is 652. The Morgan fingerprint density at radius 2 is 1.87 bits per heavy atom. The number of aliphatic hydroxyl groups is 1. The van der Waals surface area contributed by atoms with Gasteiger partial charge in [0, 0.05) is 43.2 Å². The Hall–Kier alpha value is -2.18. The summed E-state index contributed by atoms with van der Waals surface area (Å²) in [7, 11) is 1.64. The third kappa shape index (κ3) is 3.43. The summed E-state index contributed by atoms with van der Waals surface area (Å²) in [6.45, 7) is 2.38. The second-order valence-electron chi connectivity index (χ2n) is 5.96. The van der Waals surface area contributed by atoms with Crippen LogP contribution in [0.3, 0.4) is 0 Å². The van der Waals surface area contributed by atoms with Gasteiger partial charge in [-0.3, -0.25) is 4.90 Å². The molecule has 3 N–H and O–H groups in total. The van der Waals surface area contributed by atoms with Gasteiger partial charge in [0.15, 0.2) is 0 Å². The van der Waals surface area contributed by atoms with E-state index in [9.17, 15) is 5.11 Å². The highest BCUT2D eigenvalue weighted by Crippen LogP contribution is 2.38. The molecule has 0 unspecified atom stereocenters. The highest BCUT2D eigenvalue weighted by molar-refractivity contribution is 5.38. The molecule has 0 atom stereocenters. The van der Waals surface area contributed by atoms with Crippen molar-refractivity contribution in [1.82, 2.24) is 14.9 Å². The third-order valence-electron chi connectivity index (χ3n) is 4.42. The molecule has 1 aliphatic rings. The minimum absolute atomic E-state index is 0.290. The third-order valence-corrected chi connectivity index (χ3v) is 4.42. The van der Waals surface area contributed by atoms with Crippen molar-refractivity contribution >= 4 is 5.95 Å². The normalized spacial score (nSPS) is 17.8. The number of anilines is 1. The Labute approximate surface area is 135 Å². The fourth-order valence-corrected chi connectivity index (χ4v) is 3.08. The number of aromatic nitrogens is 2. The van der Waals surface area contributed by atoms with E-state index in [1.165, 1.54) is 0 Å². The Balaban J connectivity index is 1.66. The predicted molar refractivity (Wildman–Crippen MR) is 87.8 cm³/mol. The fourth-order valence-electron chi connectivity index (χ4n) is 3.08. The number of nitrogen functional groups attached to an aromatic ring is 1. The summed E-state index contributed by atoms with van der Waals surface area (Å²) in [6.07, 6.45) is 4.85. The Morgan fingerprint density at radius 1 is 1.22 bits per heavy atom. The van der Waals surface area contributed by atoms with Gasteiger partial charge in [0.1, 0.15) is 5.75 Å². The lowest BCUT2D eigenvalue weighted by molar-refractivity contribution is -0.0292. The van der Waals surface area contributed by atoms with E-state index in [-0.39, 0.29) is 5.95 Å². The minimum atomic E-state index is -0.833. The number of para-hydroxylation sites is 1. The van der Waals surface area contributed by atoms with Crippen LogP contribution in [-0.2, 0) is 12.1 Å². The summed E-state index contributed by atoms with van der Waals surface area (Å²) in [4.78, 5) is 10.3. The lowest BCUT2D eigenvalue weighted by atomic mass is 9.84. The quantitative estimate of drug-likeness (QED) is 0.891. The number of benzene rings is 1. The van der Waals surface area contributed by atoms with E-state index in [0.717, 1.165) is 36.5 Å². The fraction of sp³-hybridized carbons (Fsp3) is 0.412. The zero-order valence-electron chi connectivity index (χ0n) is 13.3. The zero-order valence-corrected chi connectivity index (χ0v) is 13.3. The maximum atomic E-state index is 11.0. The summed E-state index contributed by atoms with van der Waals surface area (Å²) in [5.74, 6) is 1.04. The van der Waals surface area contributed by atoms with Gasteiger partial charge >= 0.3 is 0 Å². The second-order valence-corrected chi connectivity index (χ2v) is 5.96. The lowest BCUT2D eigenvalue weighted by Crippen LogP contribution is -2.42. The van der Waals surface area contributed by atoms with Gasteiger partial charge in [-0.15, -0.1) is 0 Å². The molecule has 6 nitrogen and oxygen atoms in total. The first-order valence-electron chi connectivity index (χ1n) is 7.75. The van der Waals surface area contributed by atoms with E-state index in [1.807, 2.05) is 24.3 Å². The highest BCUT2D eigenvalue weighted by atomic mass is 16.5. The first-order valence-corrected chi connectivity index (χ1v) is 7.75. The average Bonchev–Trinajstić information content (AvgIpc) is 2.59. The van der Waals surface area contributed by atoms with Gasteiger partial charge in [-0.05, 0) is 18.9 Å². The molecule has 2 heterocycles. The molecule has 6 heteroatoms. The van der Waals surface area contributed by atoms with Gasteiger partial charge in [-0.2, -0.15) is 0 Å². The van der Waals surface area contributed by atoms with Crippen LogP contribution in [0.4, 0.5) is 5.95 Å². The van der Waals surface area contributed by atoms with Crippen LogP contribution in [0.1, 0.15) is 24.0 Å².